The molecule has 2 aromatic carbocycles. The summed E-state index contributed by atoms with van der Waals surface area (Å²) in [5, 5.41) is 10.7. The van der Waals surface area contributed by atoms with Crippen molar-refractivity contribution in [2.75, 3.05) is 7.11 Å². The van der Waals surface area contributed by atoms with E-state index in [-0.39, 0.29) is 5.41 Å². The van der Waals surface area contributed by atoms with Gasteiger partial charge in [-0.25, -0.2) is 0 Å². The maximum absolute atomic E-state index is 10.7. The standard InChI is InChI=1S/C20H22O2/c1-20(2,3)14-13-15-7-5-6-8-18(15)19(21)16-9-11-17(22-4)12-10-16/h5-12,19,21H,1-4H3. The molecule has 1 N–H and O–H groups in total. The first kappa shape index (κ1) is 16.1. The largest absolute Gasteiger partial charge is 0.497 e. The Balaban J connectivity index is 2.36. The second-order valence-electron chi connectivity index (χ2n) is 6.26. The molecule has 2 heteroatoms. The molecule has 0 heterocycles. The highest BCUT2D eigenvalue weighted by Gasteiger charge is 2.14. The van der Waals surface area contributed by atoms with E-state index in [0.717, 1.165) is 22.4 Å². The highest BCUT2D eigenvalue weighted by atomic mass is 16.5. The Morgan fingerprint density at radius 1 is 1.00 bits per heavy atom. The summed E-state index contributed by atoms with van der Waals surface area (Å²) in [6.07, 6.45) is -0.698. The SMILES string of the molecule is COc1ccc(C(O)c2ccccc2C#CC(C)(C)C)cc1. The lowest BCUT2D eigenvalue weighted by Crippen LogP contribution is -2.03. The lowest BCUT2D eigenvalue weighted by atomic mass is 9.94. The molecule has 0 fully saturated rings. The van der Waals surface area contributed by atoms with Gasteiger partial charge < -0.3 is 9.84 Å². The Bertz CT molecular complexity index is 682. The minimum absolute atomic E-state index is 0.0713. The molecule has 0 saturated carbocycles. The Morgan fingerprint density at radius 3 is 2.23 bits per heavy atom. The lowest BCUT2D eigenvalue weighted by molar-refractivity contribution is 0.220. The second-order valence-corrected chi connectivity index (χ2v) is 6.26. The zero-order chi connectivity index (χ0) is 16.2. The zero-order valence-electron chi connectivity index (χ0n) is 13.6. The molecule has 0 bridgehead atoms. The van der Waals surface area contributed by atoms with Crippen LogP contribution in [0.15, 0.2) is 48.5 Å². The van der Waals surface area contributed by atoms with Crippen molar-refractivity contribution in [3.8, 4) is 17.6 Å². The molecule has 1 unspecified atom stereocenters. The van der Waals surface area contributed by atoms with E-state index in [4.69, 9.17) is 4.74 Å². The Hall–Kier alpha value is -2.24. The molecule has 2 rings (SSSR count). The van der Waals surface area contributed by atoms with E-state index < -0.39 is 6.10 Å². The van der Waals surface area contributed by atoms with Gasteiger partial charge in [0, 0.05) is 16.5 Å². The summed E-state index contributed by atoms with van der Waals surface area (Å²) in [7, 11) is 1.63. The average Bonchev–Trinajstić information content (AvgIpc) is 2.52. The van der Waals surface area contributed by atoms with E-state index in [2.05, 4.69) is 32.6 Å². The molecule has 114 valence electrons. The van der Waals surface area contributed by atoms with Crippen LogP contribution in [0, 0.1) is 17.3 Å². The molecule has 0 amide bonds. The summed E-state index contributed by atoms with van der Waals surface area (Å²) >= 11 is 0. The minimum Gasteiger partial charge on any atom is -0.497 e. The summed E-state index contributed by atoms with van der Waals surface area (Å²) in [6, 6.07) is 15.2. The van der Waals surface area contributed by atoms with Gasteiger partial charge in [0.25, 0.3) is 0 Å². The van der Waals surface area contributed by atoms with Crippen LogP contribution in [-0.2, 0) is 0 Å². The molecule has 2 aromatic rings. The molecule has 22 heavy (non-hydrogen) atoms. The quantitative estimate of drug-likeness (QED) is 0.861. The number of aliphatic hydroxyl groups excluding tert-OH is 1. The highest BCUT2D eigenvalue weighted by Crippen LogP contribution is 2.26. The van der Waals surface area contributed by atoms with E-state index in [1.54, 1.807) is 7.11 Å². The van der Waals surface area contributed by atoms with Crippen LogP contribution in [0.25, 0.3) is 0 Å². The molecule has 0 saturated heterocycles. The normalized spacial score (nSPS) is 12.2. The third-order valence-corrected chi connectivity index (χ3v) is 3.26. The molecule has 0 radical (unpaired) electrons. The Kier molecular flexibility index (Phi) is 4.90. The van der Waals surface area contributed by atoms with E-state index in [1.165, 1.54) is 0 Å². The third-order valence-electron chi connectivity index (χ3n) is 3.26. The first-order chi connectivity index (χ1) is 10.4. The van der Waals surface area contributed by atoms with Crippen molar-refractivity contribution in [2.45, 2.75) is 26.9 Å². The van der Waals surface area contributed by atoms with Crippen molar-refractivity contribution in [3.63, 3.8) is 0 Å². The number of methoxy groups -OCH3 is 1. The van der Waals surface area contributed by atoms with Crippen LogP contribution in [0.1, 0.15) is 43.6 Å². The molecular weight excluding hydrogens is 272 g/mol. The van der Waals surface area contributed by atoms with E-state index in [9.17, 15) is 5.11 Å². The number of aliphatic hydroxyl groups is 1. The van der Waals surface area contributed by atoms with Crippen LogP contribution < -0.4 is 4.74 Å². The molecule has 0 spiro atoms. The van der Waals surface area contributed by atoms with Gasteiger partial charge in [0.1, 0.15) is 11.9 Å². The minimum atomic E-state index is -0.698. The average molecular weight is 294 g/mol. The van der Waals surface area contributed by atoms with Crippen LogP contribution in [-0.4, -0.2) is 12.2 Å². The first-order valence-electron chi connectivity index (χ1n) is 7.35. The Morgan fingerprint density at radius 2 is 1.64 bits per heavy atom. The van der Waals surface area contributed by atoms with Crippen molar-refractivity contribution in [1.29, 1.82) is 0 Å². The topological polar surface area (TPSA) is 29.5 Å². The smallest absolute Gasteiger partial charge is 0.118 e. The van der Waals surface area contributed by atoms with Crippen molar-refractivity contribution < 1.29 is 9.84 Å². The first-order valence-corrected chi connectivity index (χ1v) is 7.35. The number of hydrogen-bond donors (Lipinski definition) is 1. The molecule has 1 atom stereocenters. The fourth-order valence-electron chi connectivity index (χ4n) is 2.07. The van der Waals surface area contributed by atoms with Gasteiger partial charge in [0.2, 0.25) is 0 Å². The van der Waals surface area contributed by atoms with Gasteiger partial charge in [-0.3, -0.25) is 0 Å². The number of hydrogen-bond acceptors (Lipinski definition) is 2. The molecule has 0 aliphatic carbocycles. The summed E-state index contributed by atoms with van der Waals surface area (Å²) < 4.78 is 5.15. The van der Waals surface area contributed by atoms with E-state index >= 15 is 0 Å². The molecule has 0 aromatic heterocycles. The van der Waals surface area contributed by atoms with Crippen LogP contribution in [0.5, 0.6) is 5.75 Å². The van der Waals surface area contributed by atoms with Gasteiger partial charge in [0.05, 0.1) is 7.11 Å². The monoisotopic (exact) mass is 294 g/mol. The molecular formula is C20H22O2. The van der Waals surface area contributed by atoms with Crippen LogP contribution in [0.3, 0.4) is 0 Å². The lowest BCUT2D eigenvalue weighted by Gasteiger charge is -2.14. The van der Waals surface area contributed by atoms with Crippen molar-refractivity contribution in [3.05, 3.63) is 65.2 Å². The van der Waals surface area contributed by atoms with Gasteiger partial charge >= 0.3 is 0 Å². The number of ether oxygens (including phenoxy) is 1. The zero-order valence-corrected chi connectivity index (χ0v) is 13.6. The fraction of sp³-hybridized carbons (Fsp3) is 0.300. The van der Waals surface area contributed by atoms with Crippen molar-refractivity contribution in [1.82, 2.24) is 0 Å². The maximum atomic E-state index is 10.7. The summed E-state index contributed by atoms with van der Waals surface area (Å²) in [4.78, 5) is 0. The van der Waals surface area contributed by atoms with E-state index in [0.29, 0.717) is 0 Å². The van der Waals surface area contributed by atoms with Gasteiger partial charge in [0.15, 0.2) is 0 Å². The molecule has 0 aliphatic heterocycles. The van der Waals surface area contributed by atoms with E-state index in [1.807, 2.05) is 48.5 Å². The summed E-state index contributed by atoms with van der Waals surface area (Å²) in [5.74, 6) is 7.19. The fourth-order valence-corrected chi connectivity index (χ4v) is 2.07. The highest BCUT2D eigenvalue weighted by molar-refractivity contribution is 5.46. The van der Waals surface area contributed by atoms with Crippen molar-refractivity contribution in [2.24, 2.45) is 5.41 Å². The predicted molar refractivity (Wildman–Crippen MR) is 89.8 cm³/mol. The van der Waals surface area contributed by atoms with Gasteiger partial charge in [-0.15, -0.1) is 0 Å². The second kappa shape index (κ2) is 6.68. The van der Waals surface area contributed by atoms with Crippen molar-refractivity contribution >= 4 is 0 Å². The van der Waals surface area contributed by atoms with Crippen LogP contribution in [0.4, 0.5) is 0 Å². The van der Waals surface area contributed by atoms with Gasteiger partial charge in [-0.2, -0.15) is 0 Å². The van der Waals surface area contributed by atoms with Crippen LogP contribution in [0.2, 0.25) is 0 Å². The maximum Gasteiger partial charge on any atom is 0.118 e. The van der Waals surface area contributed by atoms with Crippen LogP contribution >= 0.6 is 0 Å². The predicted octanol–water partition coefficient (Wildman–Crippen LogP) is 4.17. The Labute approximate surface area is 132 Å². The van der Waals surface area contributed by atoms with Gasteiger partial charge in [-0.05, 0) is 44.5 Å². The summed E-state index contributed by atoms with van der Waals surface area (Å²) in [6.45, 7) is 6.22. The molecule has 0 aliphatic rings. The molecule has 2 nitrogen and oxygen atoms in total. The number of benzene rings is 2. The third kappa shape index (κ3) is 4.13. The summed E-state index contributed by atoms with van der Waals surface area (Å²) in [5.41, 5.74) is 2.44. The van der Waals surface area contributed by atoms with Gasteiger partial charge in [-0.1, -0.05) is 42.2 Å². The number of rotatable bonds is 3.